The van der Waals surface area contributed by atoms with E-state index in [-0.39, 0.29) is 30.4 Å². The molecule has 1 saturated carbocycles. The zero-order valence-electron chi connectivity index (χ0n) is 25.3. The maximum absolute atomic E-state index is 14.5. The number of carbonyl (C=O) groups excluding carboxylic acids is 3. The average Bonchev–Trinajstić information content (AvgIpc) is 3.66. The first kappa shape index (κ1) is 31.9. The number of nitrogens with zero attached hydrogens (tertiary/aromatic N) is 3. The second kappa shape index (κ2) is 11.9. The number of rotatable bonds is 8. The number of methoxy groups -OCH3 is 1. The number of amides is 3. The Hall–Kier alpha value is -3.02. The Labute approximate surface area is 245 Å². The Balaban J connectivity index is 1.70. The highest BCUT2D eigenvalue weighted by molar-refractivity contribution is 6.06. The number of halogens is 3. The number of hydrogen-bond donors (Lipinski definition) is 0. The molecule has 0 N–H and O–H groups in total. The summed E-state index contributed by atoms with van der Waals surface area (Å²) in [5.41, 5.74) is -3.35. The van der Waals surface area contributed by atoms with E-state index in [1.807, 2.05) is 0 Å². The Kier molecular flexibility index (Phi) is 9.06. The van der Waals surface area contributed by atoms with Gasteiger partial charge in [-0.3, -0.25) is 9.59 Å². The molecule has 0 unspecified atom stereocenters. The van der Waals surface area contributed by atoms with E-state index < -0.39 is 52.6 Å². The molecular formula is C30H42F3N3O6. The minimum atomic E-state index is -4.84. The van der Waals surface area contributed by atoms with Crippen LogP contribution in [-0.4, -0.2) is 84.3 Å². The van der Waals surface area contributed by atoms with Gasteiger partial charge in [-0.2, -0.15) is 13.2 Å². The van der Waals surface area contributed by atoms with Gasteiger partial charge in [-0.05, 0) is 72.4 Å². The van der Waals surface area contributed by atoms with Crippen LogP contribution in [0, 0.1) is 0 Å². The van der Waals surface area contributed by atoms with Crippen LogP contribution < -0.4 is 9.64 Å². The first-order valence-electron chi connectivity index (χ1n) is 14.6. The molecule has 3 aliphatic rings. The number of unbranched alkanes of at least 4 members (excludes halogenated alkanes) is 1. The van der Waals surface area contributed by atoms with E-state index in [2.05, 4.69) is 0 Å². The van der Waals surface area contributed by atoms with Gasteiger partial charge in [0, 0.05) is 52.2 Å². The summed E-state index contributed by atoms with van der Waals surface area (Å²) in [6.07, 6.45) is -2.20. The van der Waals surface area contributed by atoms with Crippen molar-refractivity contribution in [2.24, 2.45) is 0 Å². The standard InChI is InChI=1S/C30H42F3N3O6/c1-19(2)36(20-10-9-13-34(18-20)27(39)42-28(3,4)5)25(37)21-16-23-24(17-22(21)30(31,32)33)41-29(11-12-29)26(38)35(23)14-7-8-15-40-6/h16-17,19-20H,7-15,18H2,1-6H3/t20-/m1/s1. The summed E-state index contributed by atoms with van der Waals surface area (Å²) in [4.78, 5) is 44.7. The van der Waals surface area contributed by atoms with E-state index in [0.29, 0.717) is 51.7 Å². The first-order valence-corrected chi connectivity index (χ1v) is 14.6. The van der Waals surface area contributed by atoms with E-state index in [0.717, 1.165) is 12.1 Å². The van der Waals surface area contributed by atoms with E-state index in [1.165, 1.54) is 14.7 Å². The number of piperidine rings is 1. The molecule has 2 fully saturated rings. The molecule has 4 rings (SSSR count). The largest absolute Gasteiger partial charge is 0.475 e. The first-order chi connectivity index (χ1) is 19.6. The molecule has 0 aromatic heterocycles. The van der Waals surface area contributed by atoms with Gasteiger partial charge < -0.3 is 28.9 Å². The van der Waals surface area contributed by atoms with Crippen LogP contribution in [0.4, 0.5) is 23.7 Å². The molecule has 1 aromatic rings. The molecule has 1 spiro atoms. The fourth-order valence-electron chi connectivity index (χ4n) is 5.68. The van der Waals surface area contributed by atoms with Gasteiger partial charge in [-0.25, -0.2) is 4.79 Å². The Morgan fingerprint density at radius 2 is 1.86 bits per heavy atom. The van der Waals surface area contributed by atoms with E-state index >= 15 is 0 Å². The average molecular weight is 598 g/mol. The van der Waals surface area contributed by atoms with Gasteiger partial charge in [0.2, 0.25) is 0 Å². The van der Waals surface area contributed by atoms with Crippen LogP contribution >= 0.6 is 0 Å². The SMILES string of the molecule is COCCCCN1C(=O)C2(CC2)Oc2cc(C(F)(F)F)c(C(=O)N(C(C)C)[C@@H]3CCCN(C(=O)OC(C)(C)C)C3)cc21. The lowest BCUT2D eigenvalue weighted by Crippen LogP contribution is -2.54. The number of alkyl halides is 3. The fraction of sp³-hybridized carbons (Fsp3) is 0.700. The number of likely N-dealkylation sites (tertiary alicyclic amines) is 1. The molecule has 12 heteroatoms. The highest BCUT2D eigenvalue weighted by Gasteiger charge is 2.58. The number of benzene rings is 1. The fourth-order valence-corrected chi connectivity index (χ4v) is 5.68. The highest BCUT2D eigenvalue weighted by Crippen LogP contribution is 2.51. The molecule has 9 nitrogen and oxygen atoms in total. The molecule has 1 atom stereocenters. The normalized spacial score (nSPS) is 20.0. The molecule has 1 saturated heterocycles. The minimum Gasteiger partial charge on any atom is -0.475 e. The number of ether oxygens (including phenoxy) is 3. The molecule has 2 heterocycles. The summed E-state index contributed by atoms with van der Waals surface area (Å²) in [6.45, 7) is 10.1. The van der Waals surface area contributed by atoms with Gasteiger partial charge in [0.05, 0.1) is 22.9 Å². The molecule has 42 heavy (non-hydrogen) atoms. The zero-order valence-corrected chi connectivity index (χ0v) is 25.3. The quantitative estimate of drug-likeness (QED) is 0.361. The van der Waals surface area contributed by atoms with Gasteiger partial charge in [-0.15, -0.1) is 0 Å². The molecular weight excluding hydrogens is 555 g/mol. The van der Waals surface area contributed by atoms with Gasteiger partial charge in [0.25, 0.3) is 11.8 Å². The lowest BCUT2D eigenvalue weighted by molar-refractivity contribution is -0.138. The van der Waals surface area contributed by atoms with Gasteiger partial charge >= 0.3 is 12.3 Å². The van der Waals surface area contributed by atoms with E-state index in [4.69, 9.17) is 14.2 Å². The lowest BCUT2D eigenvalue weighted by Gasteiger charge is -2.42. The molecule has 1 aromatic carbocycles. The van der Waals surface area contributed by atoms with Crippen molar-refractivity contribution in [1.29, 1.82) is 0 Å². The Morgan fingerprint density at radius 1 is 1.17 bits per heavy atom. The summed E-state index contributed by atoms with van der Waals surface area (Å²) < 4.78 is 60.0. The number of hydrogen-bond acceptors (Lipinski definition) is 6. The maximum Gasteiger partial charge on any atom is 0.417 e. The monoisotopic (exact) mass is 597 g/mol. The second-order valence-corrected chi connectivity index (χ2v) is 12.6. The summed E-state index contributed by atoms with van der Waals surface area (Å²) in [5, 5.41) is 0. The van der Waals surface area contributed by atoms with Crippen molar-refractivity contribution in [2.45, 2.75) is 103 Å². The minimum absolute atomic E-state index is 0.0485. The number of carbonyl (C=O) groups is 3. The van der Waals surface area contributed by atoms with Crippen molar-refractivity contribution >= 4 is 23.6 Å². The van der Waals surface area contributed by atoms with Gasteiger partial charge in [0.15, 0.2) is 5.60 Å². The molecule has 234 valence electrons. The lowest BCUT2D eigenvalue weighted by atomic mass is 9.97. The van der Waals surface area contributed by atoms with Crippen LogP contribution in [0.25, 0.3) is 0 Å². The van der Waals surface area contributed by atoms with Gasteiger partial charge in [0.1, 0.15) is 11.4 Å². The summed E-state index contributed by atoms with van der Waals surface area (Å²) >= 11 is 0. The van der Waals surface area contributed by atoms with Crippen LogP contribution in [0.15, 0.2) is 12.1 Å². The van der Waals surface area contributed by atoms with Crippen LogP contribution in [-0.2, 0) is 20.4 Å². The molecule has 2 aliphatic heterocycles. The number of fused-ring (bicyclic) bond motifs is 1. The third-order valence-electron chi connectivity index (χ3n) is 7.78. The van der Waals surface area contributed by atoms with Crippen molar-refractivity contribution in [3.63, 3.8) is 0 Å². The molecule has 0 bridgehead atoms. The van der Waals surface area contributed by atoms with Crippen LogP contribution in [0.3, 0.4) is 0 Å². The van der Waals surface area contributed by atoms with Crippen LogP contribution in [0.2, 0.25) is 0 Å². The Bertz CT molecular complexity index is 1190. The predicted octanol–water partition coefficient (Wildman–Crippen LogP) is 5.64. The van der Waals surface area contributed by atoms with Crippen molar-refractivity contribution in [2.75, 3.05) is 38.3 Å². The van der Waals surface area contributed by atoms with Crippen molar-refractivity contribution in [3.8, 4) is 5.75 Å². The van der Waals surface area contributed by atoms with Gasteiger partial charge in [-0.1, -0.05) is 0 Å². The third kappa shape index (κ3) is 6.79. The molecule has 0 radical (unpaired) electrons. The maximum atomic E-state index is 14.5. The van der Waals surface area contributed by atoms with Crippen LogP contribution in [0.5, 0.6) is 5.75 Å². The zero-order chi connectivity index (χ0) is 31.0. The highest BCUT2D eigenvalue weighted by atomic mass is 19.4. The molecule has 3 amide bonds. The van der Waals surface area contributed by atoms with Crippen molar-refractivity contribution in [1.82, 2.24) is 9.80 Å². The second-order valence-electron chi connectivity index (χ2n) is 12.6. The summed E-state index contributed by atoms with van der Waals surface area (Å²) in [7, 11) is 1.57. The summed E-state index contributed by atoms with van der Waals surface area (Å²) in [6, 6.07) is 1.04. The third-order valence-corrected chi connectivity index (χ3v) is 7.78. The van der Waals surface area contributed by atoms with Crippen molar-refractivity contribution < 1.29 is 41.8 Å². The van der Waals surface area contributed by atoms with Crippen LogP contribution in [0.1, 0.15) is 89.1 Å². The predicted molar refractivity (Wildman–Crippen MR) is 150 cm³/mol. The Morgan fingerprint density at radius 3 is 2.43 bits per heavy atom. The smallest absolute Gasteiger partial charge is 0.417 e. The summed E-state index contributed by atoms with van der Waals surface area (Å²) in [5.74, 6) is -1.16. The molecule has 1 aliphatic carbocycles. The van der Waals surface area contributed by atoms with E-state index in [9.17, 15) is 27.6 Å². The van der Waals surface area contributed by atoms with Crippen molar-refractivity contribution in [3.05, 3.63) is 23.3 Å². The number of anilines is 1. The van der Waals surface area contributed by atoms with E-state index in [1.54, 1.807) is 41.7 Å². The topological polar surface area (TPSA) is 88.6 Å².